The fourth-order valence-corrected chi connectivity index (χ4v) is 6.25. The van der Waals surface area contributed by atoms with Crippen LogP contribution in [0.5, 0.6) is 0 Å². The van der Waals surface area contributed by atoms with Crippen LogP contribution in [0.4, 0.5) is 17.6 Å². The zero-order chi connectivity index (χ0) is 20.5. The van der Waals surface area contributed by atoms with E-state index in [1.807, 2.05) is 0 Å². The third-order valence-corrected chi connectivity index (χ3v) is 7.16. The van der Waals surface area contributed by atoms with Crippen molar-refractivity contribution in [1.82, 2.24) is 19.5 Å². The van der Waals surface area contributed by atoms with Crippen LogP contribution in [0, 0.1) is 17.8 Å². The molecule has 5 nitrogen and oxygen atoms in total. The molecule has 6 rings (SSSR count). The van der Waals surface area contributed by atoms with Crippen LogP contribution in [0.3, 0.4) is 0 Å². The van der Waals surface area contributed by atoms with E-state index in [1.165, 1.54) is 25.3 Å². The van der Waals surface area contributed by atoms with E-state index in [9.17, 15) is 22.4 Å². The third-order valence-electron chi connectivity index (χ3n) is 7.16. The first-order chi connectivity index (χ1) is 13.8. The molecule has 0 saturated heterocycles. The standard InChI is InChI=1S/C20H22F4N4O/c1-27(20-7-10-2-11(8-20)4-12(3-10)9-20)19(29)14-6-16-25-13(17(21)22)5-15(18(23)24)28(16)26-14/h5-6,10-12,17-18H,2-4,7-9H2,1H3. The number of halogens is 4. The van der Waals surface area contributed by atoms with Crippen LogP contribution in [0.2, 0.25) is 0 Å². The number of carbonyl (C=O) groups excluding carboxylic acids is 1. The van der Waals surface area contributed by atoms with Gasteiger partial charge < -0.3 is 4.90 Å². The molecular weight excluding hydrogens is 388 g/mol. The number of hydrogen-bond donors (Lipinski definition) is 0. The molecule has 2 aromatic rings. The summed E-state index contributed by atoms with van der Waals surface area (Å²) in [7, 11) is 1.76. The summed E-state index contributed by atoms with van der Waals surface area (Å²) in [5, 5.41) is 4.02. The molecule has 1 amide bonds. The maximum Gasteiger partial charge on any atom is 0.280 e. The normalized spacial score (nSPS) is 30.7. The van der Waals surface area contributed by atoms with Gasteiger partial charge in [-0.05, 0) is 62.3 Å². The van der Waals surface area contributed by atoms with Crippen molar-refractivity contribution >= 4 is 11.6 Å². The fraction of sp³-hybridized carbons (Fsp3) is 0.650. The summed E-state index contributed by atoms with van der Waals surface area (Å²) < 4.78 is 53.7. The quantitative estimate of drug-likeness (QED) is 0.690. The number of hydrogen-bond acceptors (Lipinski definition) is 3. The van der Waals surface area contributed by atoms with E-state index >= 15 is 0 Å². The van der Waals surface area contributed by atoms with Crippen molar-refractivity contribution in [2.45, 2.75) is 56.9 Å². The van der Waals surface area contributed by atoms with E-state index in [2.05, 4.69) is 10.1 Å². The van der Waals surface area contributed by atoms with E-state index in [4.69, 9.17) is 0 Å². The molecule has 4 bridgehead atoms. The van der Waals surface area contributed by atoms with Crippen LogP contribution in [-0.2, 0) is 0 Å². The van der Waals surface area contributed by atoms with Gasteiger partial charge in [0.2, 0.25) is 0 Å². The summed E-state index contributed by atoms with van der Waals surface area (Å²) in [6.45, 7) is 0. The topological polar surface area (TPSA) is 50.5 Å². The Kier molecular flexibility index (Phi) is 4.15. The molecule has 0 radical (unpaired) electrons. The Morgan fingerprint density at radius 1 is 1.07 bits per heavy atom. The minimum Gasteiger partial charge on any atom is -0.335 e. The highest BCUT2D eigenvalue weighted by molar-refractivity contribution is 5.93. The van der Waals surface area contributed by atoms with Crippen LogP contribution in [0.1, 0.15) is 73.3 Å². The van der Waals surface area contributed by atoms with Crippen molar-refractivity contribution in [3.63, 3.8) is 0 Å². The highest BCUT2D eigenvalue weighted by atomic mass is 19.3. The van der Waals surface area contributed by atoms with Crippen LogP contribution in [0.25, 0.3) is 5.65 Å². The molecule has 29 heavy (non-hydrogen) atoms. The van der Waals surface area contributed by atoms with Crippen LogP contribution in [-0.4, -0.2) is 38.0 Å². The van der Waals surface area contributed by atoms with Gasteiger partial charge in [0.15, 0.2) is 11.3 Å². The van der Waals surface area contributed by atoms with Crippen molar-refractivity contribution in [2.24, 2.45) is 17.8 Å². The molecule has 156 valence electrons. The molecule has 9 heteroatoms. The third kappa shape index (κ3) is 2.92. The lowest BCUT2D eigenvalue weighted by Crippen LogP contribution is -2.60. The average molecular weight is 410 g/mol. The number of aromatic nitrogens is 3. The minimum atomic E-state index is -3.01. The summed E-state index contributed by atoms with van der Waals surface area (Å²) in [4.78, 5) is 18.7. The Labute approximate surface area is 165 Å². The highest BCUT2D eigenvalue weighted by Crippen LogP contribution is 2.57. The highest BCUT2D eigenvalue weighted by Gasteiger charge is 2.54. The first kappa shape index (κ1) is 18.8. The van der Waals surface area contributed by atoms with Crippen molar-refractivity contribution in [3.8, 4) is 0 Å². The predicted molar refractivity (Wildman–Crippen MR) is 95.9 cm³/mol. The minimum absolute atomic E-state index is 0.0379. The Morgan fingerprint density at radius 3 is 2.17 bits per heavy atom. The second kappa shape index (κ2) is 6.40. The summed E-state index contributed by atoms with van der Waals surface area (Å²) in [5.74, 6) is 1.55. The average Bonchev–Trinajstić information content (AvgIpc) is 3.08. The zero-order valence-corrected chi connectivity index (χ0v) is 16.0. The molecule has 4 fully saturated rings. The molecule has 0 unspecified atom stereocenters. The monoisotopic (exact) mass is 410 g/mol. The van der Waals surface area contributed by atoms with Crippen LogP contribution < -0.4 is 0 Å². The molecule has 2 aromatic heterocycles. The number of carbonyl (C=O) groups is 1. The molecule has 0 N–H and O–H groups in total. The molecule has 4 aliphatic rings. The van der Waals surface area contributed by atoms with Gasteiger partial charge >= 0.3 is 0 Å². The molecule has 2 heterocycles. The molecule has 4 aliphatic carbocycles. The Morgan fingerprint density at radius 2 is 1.66 bits per heavy atom. The number of alkyl halides is 4. The number of fused-ring (bicyclic) bond motifs is 1. The largest absolute Gasteiger partial charge is 0.335 e. The summed E-state index contributed by atoms with van der Waals surface area (Å²) in [6.07, 6.45) is 0.581. The van der Waals surface area contributed by atoms with E-state index in [1.54, 1.807) is 11.9 Å². The van der Waals surface area contributed by atoms with Crippen LogP contribution >= 0.6 is 0 Å². The number of nitrogens with zero attached hydrogens (tertiary/aromatic N) is 4. The molecular formula is C20H22F4N4O. The van der Waals surface area contributed by atoms with E-state index in [-0.39, 0.29) is 22.8 Å². The Balaban J connectivity index is 1.50. The van der Waals surface area contributed by atoms with Crippen molar-refractivity contribution < 1.29 is 22.4 Å². The number of amides is 1. The Bertz CT molecular complexity index is 938. The molecule has 0 spiro atoms. The lowest BCUT2D eigenvalue weighted by atomic mass is 9.52. The first-order valence-corrected chi connectivity index (χ1v) is 10.0. The SMILES string of the molecule is CN(C(=O)c1cc2nc(C(F)F)cc(C(F)F)n2n1)C12CC3CC(CC(C3)C1)C2. The summed E-state index contributed by atoms with van der Waals surface area (Å²) >= 11 is 0. The van der Waals surface area contributed by atoms with Crippen molar-refractivity contribution in [3.05, 3.63) is 29.2 Å². The number of rotatable bonds is 4. The maximum absolute atomic E-state index is 13.4. The predicted octanol–water partition coefficient (Wildman–Crippen LogP) is 4.65. The van der Waals surface area contributed by atoms with Crippen molar-refractivity contribution in [1.29, 1.82) is 0 Å². The van der Waals surface area contributed by atoms with E-state index < -0.39 is 24.2 Å². The van der Waals surface area contributed by atoms with Crippen molar-refractivity contribution in [2.75, 3.05) is 7.05 Å². The molecule has 0 aromatic carbocycles. The van der Waals surface area contributed by atoms with E-state index in [0.29, 0.717) is 23.8 Å². The lowest BCUT2D eigenvalue weighted by molar-refractivity contribution is -0.0667. The summed E-state index contributed by atoms with van der Waals surface area (Å²) in [6, 6.07) is 1.88. The summed E-state index contributed by atoms with van der Waals surface area (Å²) in [5.41, 5.74) is -1.86. The first-order valence-electron chi connectivity index (χ1n) is 10.0. The van der Waals surface area contributed by atoms with Gasteiger partial charge in [0.05, 0.1) is 0 Å². The Hall–Kier alpha value is -2.19. The van der Waals surface area contributed by atoms with Gasteiger partial charge in [-0.25, -0.2) is 27.1 Å². The van der Waals surface area contributed by atoms with E-state index in [0.717, 1.165) is 23.8 Å². The lowest BCUT2D eigenvalue weighted by Gasteiger charge is -2.59. The van der Waals surface area contributed by atoms with Crippen LogP contribution in [0.15, 0.2) is 12.1 Å². The van der Waals surface area contributed by atoms with Gasteiger partial charge in [0.1, 0.15) is 11.4 Å². The molecule has 0 atom stereocenters. The smallest absolute Gasteiger partial charge is 0.280 e. The zero-order valence-electron chi connectivity index (χ0n) is 16.0. The fourth-order valence-electron chi connectivity index (χ4n) is 6.25. The molecule has 4 saturated carbocycles. The van der Waals surface area contributed by atoms with Gasteiger partial charge in [-0.3, -0.25) is 4.79 Å². The van der Waals surface area contributed by atoms with Gasteiger partial charge in [0.25, 0.3) is 18.8 Å². The maximum atomic E-state index is 13.4. The second-order valence-corrected chi connectivity index (χ2v) is 9.01. The second-order valence-electron chi connectivity index (χ2n) is 9.01. The van der Waals surface area contributed by atoms with Gasteiger partial charge in [-0.1, -0.05) is 0 Å². The van der Waals surface area contributed by atoms with Gasteiger partial charge in [-0.2, -0.15) is 5.10 Å². The molecule has 0 aliphatic heterocycles. The van der Waals surface area contributed by atoms with Gasteiger partial charge in [0, 0.05) is 18.7 Å². The van der Waals surface area contributed by atoms with Gasteiger partial charge in [-0.15, -0.1) is 0 Å².